The average Bonchev–Trinajstić information content (AvgIpc) is 2.73. The van der Waals surface area contributed by atoms with Crippen LogP contribution >= 0.6 is 23.4 Å². The van der Waals surface area contributed by atoms with Crippen molar-refractivity contribution in [3.05, 3.63) is 52.5 Å². The Balaban J connectivity index is 0.000000343. The molecule has 0 spiro atoms. The molecule has 2 aromatic carbocycles. The topological polar surface area (TPSA) is 64.6 Å². The van der Waals surface area contributed by atoms with E-state index >= 15 is 0 Å². The third kappa shape index (κ3) is 7.14. The fourth-order valence-corrected chi connectivity index (χ4v) is 3.04. The van der Waals surface area contributed by atoms with Gasteiger partial charge in [0.05, 0.1) is 22.9 Å². The molecule has 0 saturated heterocycles. The van der Waals surface area contributed by atoms with Crippen molar-refractivity contribution < 1.29 is 32.2 Å². The highest BCUT2D eigenvalue weighted by Gasteiger charge is 2.31. The molecule has 1 aliphatic rings. The monoisotopic (exact) mass is 461 g/mol. The van der Waals surface area contributed by atoms with Crippen LogP contribution in [0, 0.1) is 0 Å². The Bertz CT molecular complexity index is 893. The number of rotatable bonds is 5. The van der Waals surface area contributed by atoms with Gasteiger partial charge in [-0.3, -0.25) is 9.59 Å². The molecule has 0 bridgehead atoms. The Morgan fingerprint density at radius 1 is 1.30 bits per heavy atom. The fraction of sp³-hybridized carbons (Fsp3) is 0.300. The van der Waals surface area contributed by atoms with Gasteiger partial charge < -0.3 is 14.8 Å². The second-order valence-electron chi connectivity index (χ2n) is 6.05. The molecule has 1 N–H and O–H groups in total. The zero-order valence-corrected chi connectivity index (χ0v) is 17.5. The van der Waals surface area contributed by atoms with E-state index in [1.807, 2.05) is 6.07 Å². The molecular formula is C20H19ClF3NO4S. The van der Waals surface area contributed by atoms with Gasteiger partial charge in [-0.1, -0.05) is 29.4 Å². The fourth-order valence-electron chi connectivity index (χ4n) is 2.45. The highest BCUT2D eigenvalue weighted by Crippen LogP contribution is 2.37. The maximum absolute atomic E-state index is 12.6. The number of aryl methyl sites for hydroxylation is 1. The van der Waals surface area contributed by atoms with Crippen molar-refractivity contribution >= 4 is 34.9 Å². The van der Waals surface area contributed by atoms with Gasteiger partial charge in [0, 0.05) is 13.1 Å². The van der Waals surface area contributed by atoms with Crippen LogP contribution in [0.1, 0.15) is 17.5 Å². The molecule has 5 nitrogen and oxygen atoms in total. The van der Waals surface area contributed by atoms with Crippen molar-refractivity contribution in [3.8, 4) is 17.2 Å². The van der Waals surface area contributed by atoms with Crippen molar-refractivity contribution in [1.29, 1.82) is 0 Å². The van der Waals surface area contributed by atoms with Gasteiger partial charge in [-0.25, -0.2) is 0 Å². The molecule has 0 fully saturated rings. The molecule has 0 aliphatic carbocycles. The Hall–Kier alpha value is -2.39. The number of fused-ring (bicyclic) bond motifs is 1. The van der Waals surface area contributed by atoms with E-state index in [0.717, 1.165) is 48.0 Å². The van der Waals surface area contributed by atoms with E-state index in [0.29, 0.717) is 18.0 Å². The Morgan fingerprint density at radius 3 is 2.70 bits per heavy atom. The third-order valence-corrected chi connectivity index (χ3v) is 4.80. The maximum atomic E-state index is 12.6. The summed E-state index contributed by atoms with van der Waals surface area (Å²) in [5.74, 6) is 1.49. The van der Waals surface area contributed by atoms with Crippen LogP contribution in [0.2, 0.25) is 5.02 Å². The first kappa shape index (κ1) is 23.9. The number of nitrogens with one attached hydrogen (secondary N) is 1. The van der Waals surface area contributed by atoms with Crippen molar-refractivity contribution in [2.75, 3.05) is 19.4 Å². The summed E-state index contributed by atoms with van der Waals surface area (Å²) in [6, 6.07) is 8.37. The van der Waals surface area contributed by atoms with E-state index in [9.17, 15) is 22.8 Å². The van der Waals surface area contributed by atoms with E-state index in [2.05, 4.69) is 5.32 Å². The van der Waals surface area contributed by atoms with Gasteiger partial charge >= 0.3 is 6.18 Å². The number of halogens is 4. The van der Waals surface area contributed by atoms with Crippen LogP contribution in [-0.2, 0) is 22.2 Å². The van der Waals surface area contributed by atoms with E-state index in [-0.39, 0.29) is 22.4 Å². The van der Waals surface area contributed by atoms with Crippen LogP contribution in [-0.4, -0.2) is 30.9 Å². The molecule has 1 amide bonds. The quantitative estimate of drug-likeness (QED) is 0.625. The molecule has 1 heterocycles. The minimum atomic E-state index is -4.43. The van der Waals surface area contributed by atoms with Gasteiger partial charge in [-0.2, -0.15) is 13.2 Å². The van der Waals surface area contributed by atoms with Crippen LogP contribution in [0.15, 0.2) is 36.4 Å². The number of alkyl halides is 3. The zero-order valence-electron chi connectivity index (χ0n) is 15.9. The summed E-state index contributed by atoms with van der Waals surface area (Å²) in [5, 5.41) is 2.29. The molecule has 10 heteroatoms. The molecule has 2 aromatic rings. The number of carbonyl (C=O) groups excluding carboxylic acids is 2. The van der Waals surface area contributed by atoms with Gasteiger partial charge in [0.15, 0.2) is 5.62 Å². The van der Waals surface area contributed by atoms with Crippen LogP contribution in [0.5, 0.6) is 17.2 Å². The third-order valence-electron chi connectivity index (χ3n) is 3.93. The Labute approximate surface area is 180 Å². The predicted molar refractivity (Wildman–Crippen MR) is 110 cm³/mol. The molecule has 3 rings (SSSR count). The molecule has 162 valence electrons. The second kappa shape index (κ2) is 11.1. The van der Waals surface area contributed by atoms with Crippen molar-refractivity contribution in [3.63, 3.8) is 0 Å². The molecule has 1 aliphatic heterocycles. The summed E-state index contributed by atoms with van der Waals surface area (Å²) >= 11 is 6.82. The number of benzene rings is 2. The number of hydrogen-bond donors (Lipinski definition) is 1. The van der Waals surface area contributed by atoms with Crippen molar-refractivity contribution in [1.82, 2.24) is 5.32 Å². The smallest absolute Gasteiger partial charge is 0.416 e. The highest BCUT2D eigenvalue weighted by atomic mass is 35.5. The van der Waals surface area contributed by atoms with Crippen LogP contribution in [0.25, 0.3) is 0 Å². The number of ether oxygens (including phenoxy) is 2. The summed E-state index contributed by atoms with van der Waals surface area (Å²) in [5.41, 5.74) is 0.936. The van der Waals surface area contributed by atoms with Gasteiger partial charge in [0.1, 0.15) is 17.2 Å². The van der Waals surface area contributed by atoms with Crippen LogP contribution < -0.4 is 14.8 Å². The van der Waals surface area contributed by atoms with Gasteiger partial charge in [0.25, 0.3) is 0 Å². The number of amides is 1. The lowest BCUT2D eigenvalue weighted by Gasteiger charge is -2.18. The van der Waals surface area contributed by atoms with E-state index < -0.39 is 11.7 Å². The lowest BCUT2D eigenvalue weighted by atomic mass is 10.1. The highest BCUT2D eigenvalue weighted by molar-refractivity contribution is 8.12. The second-order valence-corrected chi connectivity index (χ2v) is 7.27. The molecule has 0 atom stereocenters. The molecule has 30 heavy (non-hydrogen) atoms. The molecule has 0 aromatic heterocycles. The van der Waals surface area contributed by atoms with Crippen LogP contribution in [0.4, 0.5) is 13.2 Å². The normalized spacial score (nSPS) is 12.6. The molecule has 0 radical (unpaired) electrons. The van der Waals surface area contributed by atoms with E-state index in [1.165, 1.54) is 13.1 Å². The van der Waals surface area contributed by atoms with E-state index in [1.54, 1.807) is 12.1 Å². The summed E-state index contributed by atoms with van der Waals surface area (Å²) in [6.45, 7) is 0.650. The summed E-state index contributed by atoms with van der Waals surface area (Å²) in [4.78, 5) is 19.9. The molecule has 0 unspecified atom stereocenters. The minimum Gasteiger partial charge on any atom is -0.493 e. The first-order valence-corrected chi connectivity index (χ1v) is 10.2. The first-order chi connectivity index (χ1) is 14.2. The Morgan fingerprint density at radius 2 is 2.07 bits per heavy atom. The number of hydrogen-bond acceptors (Lipinski definition) is 5. The number of thioether (sulfide) groups is 1. The summed E-state index contributed by atoms with van der Waals surface area (Å²) < 4.78 is 48.9. The average molecular weight is 462 g/mol. The molecular weight excluding hydrogens is 443 g/mol. The van der Waals surface area contributed by atoms with Gasteiger partial charge in [0.2, 0.25) is 5.91 Å². The lowest BCUT2D eigenvalue weighted by molar-refractivity contribution is -0.137. The number of carbonyl (C=O) groups is 2. The van der Waals surface area contributed by atoms with Crippen molar-refractivity contribution in [2.24, 2.45) is 0 Å². The Kier molecular flexibility index (Phi) is 8.86. The summed E-state index contributed by atoms with van der Waals surface area (Å²) in [6.07, 6.45) is -2.52. The summed E-state index contributed by atoms with van der Waals surface area (Å²) in [7, 11) is 1.54. The lowest BCUT2D eigenvalue weighted by Crippen LogP contribution is -2.19. The zero-order chi connectivity index (χ0) is 22.1. The first-order valence-electron chi connectivity index (χ1n) is 8.80. The predicted octanol–water partition coefficient (Wildman–Crippen LogP) is 5.13. The van der Waals surface area contributed by atoms with Gasteiger partial charge in [-0.15, -0.1) is 0 Å². The van der Waals surface area contributed by atoms with E-state index in [4.69, 9.17) is 21.1 Å². The largest absolute Gasteiger partial charge is 0.493 e. The molecule has 0 saturated carbocycles. The van der Waals surface area contributed by atoms with Gasteiger partial charge in [-0.05, 0) is 42.7 Å². The maximum Gasteiger partial charge on any atom is 0.416 e. The minimum absolute atomic E-state index is 0.0894. The van der Waals surface area contributed by atoms with Crippen LogP contribution in [0.3, 0.4) is 0 Å². The van der Waals surface area contributed by atoms with Crippen molar-refractivity contribution in [2.45, 2.75) is 19.0 Å². The SMILES string of the molecule is CNC(=O)CSC=O.FC(F)(F)c1ccc(Oc2ccc3c(c2)OCCC3)c(Cl)c1. The standard InChI is InChI=1S/C16H12ClF3O2.C4H7NO2S/c17-13-8-11(16(18,19)20)4-6-14(13)22-12-5-3-10-2-1-7-21-15(10)9-12;1-5-4(7)2-8-3-6/h3-6,8-9H,1-2,7H2;3H,2H2,1H3,(H,5,7).